The minimum atomic E-state index is -0.457. The van der Waals surface area contributed by atoms with Crippen molar-refractivity contribution in [3.05, 3.63) is 46.0 Å². The summed E-state index contributed by atoms with van der Waals surface area (Å²) < 4.78 is 13.1. The van der Waals surface area contributed by atoms with Gasteiger partial charge in [0.2, 0.25) is 5.91 Å². The Morgan fingerprint density at radius 3 is 2.77 bits per heavy atom. The molecule has 0 saturated carbocycles. The van der Waals surface area contributed by atoms with Crippen LogP contribution in [0.15, 0.2) is 18.2 Å². The van der Waals surface area contributed by atoms with Gasteiger partial charge in [-0.3, -0.25) is 9.89 Å². The fraction of sp³-hybridized carbons (Fsp3) is 0.333. The predicted octanol–water partition coefficient (Wildman–Crippen LogP) is 3.11. The summed E-state index contributed by atoms with van der Waals surface area (Å²) >= 11 is 5.76. The molecule has 1 atom stereocenters. The molecule has 0 aliphatic heterocycles. The minimum absolute atomic E-state index is 0.0697. The van der Waals surface area contributed by atoms with Gasteiger partial charge in [0, 0.05) is 6.04 Å². The Bertz CT molecular complexity index is 667. The molecule has 0 bridgehead atoms. The average Bonchev–Trinajstić information content (AvgIpc) is 2.79. The number of aromatic nitrogens is 2. The number of aryl methyl sites for hydroxylation is 2. The molecule has 0 spiro atoms. The summed E-state index contributed by atoms with van der Waals surface area (Å²) in [5, 5.41) is 12.8. The van der Waals surface area contributed by atoms with Crippen LogP contribution in [0.2, 0.25) is 5.02 Å². The van der Waals surface area contributed by atoms with Crippen molar-refractivity contribution < 1.29 is 9.18 Å². The van der Waals surface area contributed by atoms with Crippen molar-refractivity contribution in [3.63, 3.8) is 0 Å². The molecule has 0 radical (unpaired) electrons. The van der Waals surface area contributed by atoms with E-state index in [1.807, 2.05) is 20.8 Å². The molecule has 1 aromatic carbocycles. The second-order valence-corrected chi connectivity index (χ2v) is 5.54. The number of H-pyrrole nitrogens is 1. The number of hydrogen-bond acceptors (Lipinski definition) is 3. The number of aromatic amines is 1. The summed E-state index contributed by atoms with van der Waals surface area (Å²) in [4.78, 5) is 12.0. The highest BCUT2D eigenvalue weighted by Crippen LogP contribution is 2.20. The van der Waals surface area contributed by atoms with Crippen LogP contribution in [-0.2, 0) is 4.79 Å². The third kappa shape index (κ3) is 3.84. The van der Waals surface area contributed by atoms with Gasteiger partial charge in [0.05, 0.1) is 28.6 Å². The fourth-order valence-electron chi connectivity index (χ4n) is 2.06. The molecule has 0 fully saturated rings. The van der Waals surface area contributed by atoms with Crippen molar-refractivity contribution in [1.82, 2.24) is 15.5 Å². The molecule has 0 unspecified atom stereocenters. The lowest BCUT2D eigenvalue weighted by Crippen LogP contribution is -2.30. The Balaban J connectivity index is 1.92. The smallest absolute Gasteiger partial charge is 0.238 e. The number of anilines is 1. The van der Waals surface area contributed by atoms with Crippen LogP contribution >= 0.6 is 11.6 Å². The van der Waals surface area contributed by atoms with Gasteiger partial charge in [-0.15, -0.1) is 0 Å². The van der Waals surface area contributed by atoms with Gasteiger partial charge in [0.25, 0.3) is 0 Å². The highest BCUT2D eigenvalue weighted by Gasteiger charge is 2.12. The molecule has 7 heteroatoms. The van der Waals surface area contributed by atoms with Crippen LogP contribution in [0.4, 0.5) is 10.1 Å². The van der Waals surface area contributed by atoms with E-state index in [0.717, 1.165) is 17.0 Å². The standard InChI is InChI=1S/C15H18ClFN4O/c1-8(11-4-5-13(17)12(16)6-11)18-7-14(22)19-15-9(2)20-21-10(15)3/h4-6,8,18H,7H2,1-3H3,(H,19,22)(H,20,21)/t8-/m1/s1. The number of carbonyl (C=O) groups excluding carboxylic acids is 1. The van der Waals surface area contributed by atoms with Gasteiger partial charge >= 0.3 is 0 Å². The largest absolute Gasteiger partial charge is 0.322 e. The van der Waals surface area contributed by atoms with Crippen molar-refractivity contribution in [2.75, 3.05) is 11.9 Å². The lowest BCUT2D eigenvalue weighted by Gasteiger charge is -2.14. The molecular weight excluding hydrogens is 307 g/mol. The van der Waals surface area contributed by atoms with Crippen LogP contribution in [0.5, 0.6) is 0 Å². The summed E-state index contributed by atoms with van der Waals surface area (Å²) in [5.74, 6) is -0.631. The summed E-state index contributed by atoms with van der Waals surface area (Å²) in [5.41, 5.74) is 3.06. The van der Waals surface area contributed by atoms with Crippen molar-refractivity contribution in [2.24, 2.45) is 0 Å². The molecule has 118 valence electrons. The van der Waals surface area contributed by atoms with Crippen molar-refractivity contribution in [3.8, 4) is 0 Å². The zero-order valence-electron chi connectivity index (χ0n) is 12.6. The molecule has 0 saturated heterocycles. The first-order chi connectivity index (χ1) is 10.4. The monoisotopic (exact) mass is 324 g/mol. The first-order valence-corrected chi connectivity index (χ1v) is 7.26. The van der Waals surface area contributed by atoms with Gasteiger partial charge in [-0.1, -0.05) is 17.7 Å². The quantitative estimate of drug-likeness (QED) is 0.791. The molecule has 1 heterocycles. The SMILES string of the molecule is Cc1n[nH]c(C)c1NC(=O)CN[C@H](C)c1ccc(F)c(Cl)c1. The van der Waals surface area contributed by atoms with Crippen LogP contribution in [0.1, 0.15) is 29.9 Å². The van der Waals surface area contributed by atoms with Gasteiger partial charge in [-0.2, -0.15) is 5.10 Å². The average molecular weight is 325 g/mol. The summed E-state index contributed by atoms with van der Waals surface area (Å²) in [7, 11) is 0. The van der Waals surface area contributed by atoms with E-state index in [2.05, 4.69) is 20.8 Å². The Morgan fingerprint density at radius 1 is 1.45 bits per heavy atom. The first-order valence-electron chi connectivity index (χ1n) is 6.88. The molecule has 0 aliphatic rings. The molecule has 22 heavy (non-hydrogen) atoms. The van der Waals surface area contributed by atoms with E-state index >= 15 is 0 Å². The van der Waals surface area contributed by atoms with Crippen molar-refractivity contribution in [1.29, 1.82) is 0 Å². The number of nitrogens with zero attached hydrogens (tertiary/aromatic N) is 1. The zero-order valence-corrected chi connectivity index (χ0v) is 13.4. The summed E-state index contributed by atoms with van der Waals surface area (Å²) in [6.45, 7) is 5.66. The van der Waals surface area contributed by atoms with E-state index in [4.69, 9.17) is 11.6 Å². The molecule has 2 aromatic rings. The van der Waals surface area contributed by atoms with Gasteiger partial charge < -0.3 is 10.6 Å². The van der Waals surface area contributed by atoms with Gasteiger partial charge in [0.15, 0.2) is 0 Å². The van der Waals surface area contributed by atoms with E-state index in [1.54, 1.807) is 12.1 Å². The van der Waals surface area contributed by atoms with E-state index in [9.17, 15) is 9.18 Å². The number of benzene rings is 1. The predicted molar refractivity (Wildman–Crippen MR) is 84.5 cm³/mol. The van der Waals surface area contributed by atoms with Crippen molar-refractivity contribution in [2.45, 2.75) is 26.8 Å². The molecular formula is C15H18ClFN4O. The second kappa shape index (κ2) is 6.89. The van der Waals surface area contributed by atoms with E-state index < -0.39 is 5.82 Å². The number of halogens is 2. The lowest BCUT2D eigenvalue weighted by atomic mass is 10.1. The topological polar surface area (TPSA) is 69.8 Å². The summed E-state index contributed by atoms with van der Waals surface area (Å²) in [6.07, 6.45) is 0. The number of rotatable bonds is 5. The molecule has 0 aliphatic carbocycles. The van der Waals surface area contributed by atoms with E-state index in [0.29, 0.717) is 5.69 Å². The van der Waals surface area contributed by atoms with Gasteiger partial charge in [-0.25, -0.2) is 4.39 Å². The first kappa shape index (κ1) is 16.5. The number of hydrogen-bond donors (Lipinski definition) is 3. The van der Waals surface area contributed by atoms with E-state index in [1.165, 1.54) is 6.07 Å². The van der Waals surface area contributed by atoms with Gasteiger partial charge in [0.1, 0.15) is 5.82 Å². The van der Waals surface area contributed by atoms with Crippen LogP contribution in [0.3, 0.4) is 0 Å². The Morgan fingerprint density at radius 2 is 2.18 bits per heavy atom. The van der Waals surface area contributed by atoms with Crippen LogP contribution in [-0.4, -0.2) is 22.6 Å². The van der Waals surface area contributed by atoms with Crippen LogP contribution in [0.25, 0.3) is 0 Å². The Hall–Kier alpha value is -1.92. The maximum absolute atomic E-state index is 13.1. The zero-order chi connectivity index (χ0) is 16.3. The number of amides is 1. The highest BCUT2D eigenvalue weighted by molar-refractivity contribution is 6.30. The third-order valence-corrected chi connectivity index (χ3v) is 3.69. The summed E-state index contributed by atoms with van der Waals surface area (Å²) in [6, 6.07) is 4.38. The van der Waals surface area contributed by atoms with E-state index in [-0.39, 0.29) is 23.5 Å². The third-order valence-electron chi connectivity index (χ3n) is 3.40. The fourth-order valence-corrected chi connectivity index (χ4v) is 2.25. The Labute approximate surface area is 133 Å². The molecule has 1 aromatic heterocycles. The maximum Gasteiger partial charge on any atom is 0.238 e. The van der Waals surface area contributed by atoms with Gasteiger partial charge in [-0.05, 0) is 38.5 Å². The minimum Gasteiger partial charge on any atom is -0.322 e. The molecule has 1 amide bonds. The number of nitrogens with one attached hydrogen (secondary N) is 3. The highest BCUT2D eigenvalue weighted by atomic mass is 35.5. The maximum atomic E-state index is 13.1. The normalized spacial score (nSPS) is 12.2. The Kier molecular flexibility index (Phi) is 5.15. The lowest BCUT2D eigenvalue weighted by molar-refractivity contribution is -0.115. The number of carbonyl (C=O) groups is 1. The van der Waals surface area contributed by atoms with Crippen LogP contribution in [0, 0.1) is 19.7 Å². The molecule has 3 N–H and O–H groups in total. The van der Waals surface area contributed by atoms with Crippen molar-refractivity contribution >= 4 is 23.2 Å². The molecule has 2 rings (SSSR count). The molecule has 5 nitrogen and oxygen atoms in total. The van der Waals surface area contributed by atoms with Crippen LogP contribution < -0.4 is 10.6 Å². The second-order valence-electron chi connectivity index (χ2n) is 5.13.